The Morgan fingerprint density at radius 1 is 1.28 bits per heavy atom. The third kappa shape index (κ3) is 2.78. The summed E-state index contributed by atoms with van der Waals surface area (Å²) in [7, 11) is -4.72. The van der Waals surface area contributed by atoms with Gasteiger partial charge in [0.15, 0.2) is 15.7 Å². The smallest absolute Gasteiger partial charge is 0.341 e. The quantitative estimate of drug-likeness (QED) is 0.675. The molecular weight excluding hydrogens is 280 g/mol. The molecule has 1 aromatic carbocycles. The molecule has 1 aromatic rings. The second-order valence-corrected chi connectivity index (χ2v) is 5.21. The first-order valence-corrected chi connectivity index (χ1v) is 6.04. The zero-order valence-electron chi connectivity index (χ0n) is 8.53. The maximum absolute atomic E-state index is 13.5. The Bertz CT molecular complexity index is 582. The molecule has 0 saturated heterocycles. The number of carboxylic acid groups (broad SMARTS) is 1. The van der Waals surface area contributed by atoms with Gasteiger partial charge in [0.2, 0.25) is 0 Å². The standard InChI is InChI=1S/C9H6F4O4S/c10-4-1-2-5(8(13)7(4)9(14)15)18(16,17)3-6(11)12/h1-2,6H,3H2,(H,14,15). The predicted octanol–water partition coefficient (Wildman–Crippen LogP) is 1.70. The molecule has 0 saturated carbocycles. The van der Waals surface area contributed by atoms with Gasteiger partial charge in [-0.2, -0.15) is 0 Å². The van der Waals surface area contributed by atoms with Crippen molar-refractivity contribution in [3.05, 3.63) is 29.3 Å². The summed E-state index contributed by atoms with van der Waals surface area (Å²) in [5, 5.41) is 8.50. The number of hydrogen-bond donors (Lipinski definition) is 1. The SMILES string of the molecule is O=C(O)c1c(F)ccc(S(=O)(=O)CC(F)F)c1F. The monoisotopic (exact) mass is 286 g/mol. The Labute approximate surface area is 98.8 Å². The molecular formula is C9H6F4O4S. The molecule has 0 fully saturated rings. The van der Waals surface area contributed by atoms with Crippen molar-refractivity contribution in [2.75, 3.05) is 5.75 Å². The molecule has 0 aliphatic rings. The highest BCUT2D eigenvalue weighted by Crippen LogP contribution is 2.23. The Morgan fingerprint density at radius 2 is 1.83 bits per heavy atom. The van der Waals surface area contributed by atoms with Gasteiger partial charge in [0.1, 0.15) is 22.0 Å². The van der Waals surface area contributed by atoms with Crippen LogP contribution in [0.15, 0.2) is 17.0 Å². The maximum Gasteiger partial charge on any atom is 0.341 e. The first-order valence-electron chi connectivity index (χ1n) is 4.39. The summed E-state index contributed by atoms with van der Waals surface area (Å²) in [5.41, 5.74) is -1.50. The van der Waals surface area contributed by atoms with Gasteiger partial charge >= 0.3 is 5.97 Å². The van der Waals surface area contributed by atoms with Crippen LogP contribution in [0.1, 0.15) is 10.4 Å². The molecule has 1 rings (SSSR count). The number of hydrogen-bond acceptors (Lipinski definition) is 3. The van der Waals surface area contributed by atoms with E-state index >= 15 is 0 Å². The molecule has 0 aliphatic heterocycles. The molecule has 0 bridgehead atoms. The van der Waals surface area contributed by atoms with Gasteiger partial charge in [0.05, 0.1) is 0 Å². The number of halogens is 4. The van der Waals surface area contributed by atoms with Crippen LogP contribution in [0.3, 0.4) is 0 Å². The Kier molecular flexibility index (Phi) is 3.95. The second-order valence-electron chi connectivity index (χ2n) is 3.21. The van der Waals surface area contributed by atoms with Crippen molar-refractivity contribution in [2.45, 2.75) is 11.3 Å². The molecule has 0 amide bonds. The lowest BCUT2D eigenvalue weighted by atomic mass is 10.2. The lowest BCUT2D eigenvalue weighted by Gasteiger charge is -2.07. The largest absolute Gasteiger partial charge is 0.477 e. The van der Waals surface area contributed by atoms with Gasteiger partial charge in [-0.15, -0.1) is 0 Å². The molecule has 9 heteroatoms. The first-order chi connectivity index (χ1) is 8.16. The number of carbonyl (C=O) groups is 1. The van der Waals surface area contributed by atoms with E-state index in [1.54, 1.807) is 0 Å². The van der Waals surface area contributed by atoms with Crippen LogP contribution in [0.5, 0.6) is 0 Å². The third-order valence-corrected chi connectivity index (χ3v) is 3.63. The average molecular weight is 286 g/mol. The number of rotatable bonds is 4. The van der Waals surface area contributed by atoms with Crippen molar-refractivity contribution in [2.24, 2.45) is 0 Å². The zero-order chi connectivity index (χ0) is 14.1. The summed E-state index contributed by atoms with van der Waals surface area (Å²) in [6.07, 6.45) is -3.26. The third-order valence-electron chi connectivity index (χ3n) is 1.95. The number of carboxylic acids is 1. The van der Waals surface area contributed by atoms with Crippen LogP contribution >= 0.6 is 0 Å². The maximum atomic E-state index is 13.5. The molecule has 0 heterocycles. The molecule has 100 valence electrons. The van der Waals surface area contributed by atoms with Crippen molar-refractivity contribution in [3.8, 4) is 0 Å². The van der Waals surface area contributed by atoms with Crippen LogP contribution in [0, 0.1) is 11.6 Å². The fourth-order valence-electron chi connectivity index (χ4n) is 1.23. The van der Waals surface area contributed by atoms with Crippen LogP contribution in [0.4, 0.5) is 17.6 Å². The van der Waals surface area contributed by atoms with Crippen LogP contribution in [0.2, 0.25) is 0 Å². The summed E-state index contributed by atoms with van der Waals surface area (Å²) in [6.45, 7) is 0. The minimum absolute atomic E-state index is 0.394. The average Bonchev–Trinajstić information content (AvgIpc) is 2.13. The van der Waals surface area contributed by atoms with Gasteiger partial charge < -0.3 is 5.11 Å². The van der Waals surface area contributed by atoms with Crippen molar-refractivity contribution in [1.29, 1.82) is 0 Å². The Hall–Kier alpha value is -1.64. The van der Waals surface area contributed by atoms with Crippen molar-refractivity contribution in [1.82, 2.24) is 0 Å². The van der Waals surface area contributed by atoms with E-state index < -0.39 is 50.1 Å². The van der Waals surface area contributed by atoms with Crippen molar-refractivity contribution >= 4 is 15.8 Å². The molecule has 0 radical (unpaired) electrons. The number of aromatic carboxylic acids is 1. The predicted molar refractivity (Wildman–Crippen MR) is 51.4 cm³/mol. The molecule has 0 aromatic heterocycles. The van der Waals surface area contributed by atoms with Gasteiger partial charge in [-0.25, -0.2) is 30.8 Å². The normalized spacial score (nSPS) is 11.8. The van der Waals surface area contributed by atoms with E-state index in [0.717, 1.165) is 0 Å². The fraction of sp³-hybridized carbons (Fsp3) is 0.222. The highest BCUT2D eigenvalue weighted by atomic mass is 32.2. The van der Waals surface area contributed by atoms with E-state index in [1.807, 2.05) is 0 Å². The lowest BCUT2D eigenvalue weighted by Crippen LogP contribution is -2.17. The van der Waals surface area contributed by atoms with Gasteiger partial charge in [-0.3, -0.25) is 0 Å². The molecule has 0 spiro atoms. The van der Waals surface area contributed by atoms with Gasteiger partial charge in [-0.05, 0) is 12.1 Å². The molecule has 0 unspecified atom stereocenters. The van der Waals surface area contributed by atoms with Crippen molar-refractivity contribution < 1.29 is 35.9 Å². The zero-order valence-corrected chi connectivity index (χ0v) is 9.35. The van der Waals surface area contributed by atoms with Crippen LogP contribution < -0.4 is 0 Å². The van der Waals surface area contributed by atoms with E-state index in [0.29, 0.717) is 12.1 Å². The number of alkyl halides is 2. The van der Waals surface area contributed by atoms with E-state index in [2.05, 4.69) is 0 Å². The van der Waals surface area contributed by atoms with Crippen LogP contribution in [-0.4, -0.2) is 31.7 Å². The van der Waals surface area contributed by atoms with Crippen LogP contribution in [-0.2, 0) is 9.84 Å². The van der Waals surface area contributed by atoms with E-state index in [1.165, 1.54) is 0 Å². The van der Waals surface area contributed by atoms with Crippen molar-refractivity contribution in [3.63, 3.8) is 0 Å². The highest BCUT2D eigenvalue weighted by molar-refractivity contribution is 7.91. The van der Waals surface area contributed by atoms with E-state index in [-0.39, 0.29) is 0 Å². The molecule has 0 atom stereocenters. The van der Waals surface area contributed by atoms with Gasteiger partial charge in [0.25, 0.3) is 6.43 Å². The van der Waals surface area contributed by atoms with Gasteiger partial charge in [0, 0.05) is 0 Å². The van der Waals surface area contributed by atoms with E-state index in [9.17, 15) is 30.8 Å². The molecule has 0 aliphatic carbocycles. The second kappa shape index (κ2) is 4.92. The summed E-state index contributed by atoms with van der Waals surface area (Å²) in [4.78, 5) is 9.26. The Balaban J connectivity index is 3.45. The van der Waals surface area contributed by atoms with Gasteiger partial charge in [-0.1, -0.05) is 0 Å². The molecule has 18 heavy (non-hydrogen) atoms. The first kappa shape index (κ1) is 14.4. The summed E-state index contributed by atoms with van der Waals surface area (Å²) >= 11 is 0. The number of benzene rings is 1. The minimum Gasteiger partial charge on any atom is -0.477 e. The number of sulfone groups is 1. The fourth-order valence-corrected chi connectivity index (χ4v) is 2.39. The summed E-state index contributed by atoms with van der Waals surface area (Å²) < 4.78 is 73.1. The lowest BCUT2D eigenvalue weighted by molar-refractivity contribution is 0.0685. The van der Waals surface area contributed by atoms with Crippen LogP contribution in [0.25, 0.3) is 0 Å². The molecule has 4 nitrogen and oxygen atoms in total. The summed E-state index contributed by atoms with van der Waals surface area (Å²) in [6, 6.07) is 0.805. The minimum atomic E-state index is -4.72. The summed E-state index contributed by atoms with van der Waals surface area (Å²) in [5.74, 6) is -7.08. The molecule has 1 N–H and O–H groups in total. The topological polar surface area (TPSA) is 71.4 Å². The highest BCUT2D eigenvalue weighted by Gasteiger charge is 2.29. The Morgan fingerprint density at radius 3 is 2.28 bits per heavy atom. The van der Waals surface area contributed by atoms with E-state index in [4.69, 9.17) is 5.11 Å².